The highest BCUT2D eigenvalue weighted by Crippen LogP contribution is 2.38. The lowest BCUT2D eigenvalue weighted by Crippen LogP contribution is -2.33. The number of unbranched alkanes of at least 4 members (excludes halogenated alkanes) is 1. The standard InChI is InChI=1S/C24H35N3O2S/c1-4-6-16-29-20-12-10-19(11-13-20)22-23(30-17-21(28)25-18(3)5-2)27-24(26-22)14-8-7-9-15-24/h10-13,18H,4-9,14-17H2,1-3H3,(H,25,28). The lowest BCUT2D eigenvalue weighted by molar-refractivity contribution is -0.119. The summed E-state index contributed by atoms with van der Waals surface area (Å²) in [6.45, 7) is 7.01. The minimum absolute atomic E-state index is 0.0562. The van der Waals surface area contributed by atoms with Crippen LogP contribution < -0.4 is 10.1 Å². The number of ether oxygens (including phenoxy) is 1. The van der Waals surface area contributed by atoms with Crippen molar-refractivity contribution in [3.63, 3.8) is 0 Å². The summed E-state index contributed by atoms with van der Waals surface area (Å²) in [5, 5.41) is 3.94. The number of benzene rings is 1. The molecule has 164 valence electrons. The molecule has 1 heterocycles. The van der Waals surface area contributed by atoms with Crippen molar-refractivity contribution in [3.05, 3.63) is 29.8 Å². The Kier molecular flexibility index (Phi) is 8.37. The maximum Gasteiger partial charge on any atom is 0.230 e. The van der Waals surface area contributed by atoms with Gasteiger partial charge in [0.1, 0.15) is 10.8 Å². The average molecular weight is 430 g/mol. The zero-order chi connectivity index (χ0) is 21.4. The number of amides is 1. The third-order valence-electron chi connectivity index (χ3n) is 5.74. The molecule has 1 N–H and O–H groups in total. The van der Waals surface area contributed by atoms with Gasteiger partial charge in [-0.3, -0.25) is 9.79 Å². The zero-order valence-corrected chi connectivity index (χ0v) is 19.4. The second-order valence-corrected chi connectivity index (χ2v) is 9.28. The normalized spacial score (nSPS) is 18.6. The Balaban J connectivity index is 1.73. The van der Waals surface area contributed by atoms with Crippen LogP contribution in [0.1, 0.15) is 77.7 Å². The molecule has 1 fully saturated rings. The first-order valence-corrected chi connectivity index (χ1v) is 12.4. The summed E-state index contributed by atoms with van der Waals surface area (Å²) in [7, 11) is 0. The van der Waals surface area contributed by atoms with Crippen LogP contribution in [0.25, 0.3) is 0 Å². The second kappa shape index (κ2) is 11.0. The first-order chi connectivity index (χ1) is 14.5. The Bertz CT molecular complexity index is 767. The van der Waals surface area contributed by atoms with E-state index in [-0.39, 0.29) is 17.6 Å². The van der Waals surface area contributed by atoms with Gasteiger partial charge in [-0.05, 0) is 69.7 Å². The van der Waals surface area contributed by atoms with Crippen molar-refractivity contribution in [2.45, 2.75) is 83.8 Å². The van der Waals surface area contributed by atoms with Gasteiger partial charge in [-0.2, -0.15) is 0 Å². The molecule has 30 heavy (non-hydrogen) atoms. The van der Waals surface area contributed by atoms with Gasteiger partial charge in [-0.25, -0.2) is 4.99 Å². The maximum atomic E-state index is 12.3. The minimum Gasteiger partial charge on any atom is -0.494 e. The van der Waals surface area contributed by atoms with Crippen LogP contribution in [0.2, 0.25) is 0 Å². The molecule has 5 nitrogen and oxygen atoms in total. The summed E-state index contributed by atoms with van der Waals surface area (Å²) < 4.78 is 5.80. The van der Waals surface area contributed by atoms with Gasteiger partial charge >= 0.3 is 0 Å². The molecule has 2 aliphatic rings. The number of carbonyl (C=O) groups is 1. The van der Waals surface area contributed by atoms with Crippen LogP contribution in [0.4, 0.5) is 0 Å². The van der Waals surface area contributed by atoms with E-state index in [2.05, 4.69) is 31.3 Å². The summed E-state index contributed by atoms with van der Waals surface area (Å²) in [6.07, 6.45) is 8.69. The van der Waals surface area contributed by atoms with E-state index in [0.717, 1.165) is 73.6 Å². The molecule has 1 aromatic carbocycles. The van der Waals surface area contributed by atoms with Gasteiger partial charge in [0.25, 0.3) is 0 Å². The fourth-order valence-corrected chi connectivity index (χ4v) is 4.63. The summed E-state index contributed by atoms with van der Waals surface area (Å²) >= 11 is 1.51. The van der Waals surface area contributed by atoms with Crippen molar-refractivity contribution in [1.29, 1.82) is 0 Å². The Hall–Kier alpha value is -1.82. The molecule has 0 saturated heterocycles. The Morgan fingerprint density at radius 3 is 2.57 bits per heavy atom. The van der Waals surface area contributed by atoms with Gasteiger partial charge in [0, 0.05) is 11.6 Å². The SMILES string of the molecule is CCCCOc1ccc(C2=NC3(CCCCC3)N=C2SCC(=O)NC(C)CC)cc1. The van der Waals surface area contributed by atoms with Crippen molar-refractivity contribution >= 4 is 28.4 Å². The van der Waals surface area contributed by atoms with Crippen molar-refractivity contribution in [3.8, 4) is 5.75 Å². The lowest BCUT2D eigenvalue weighted by atomic mass is 9.90. The van der Waals surface area contributed by atoms with Crippen molar-refractivity contribution in [2.75, 3.05) is 12.4 Å². The first kappa shape index (κ1) is 22.9. The van der Waals surface area contributed by atoms with Crippen molar-refractivity contribution in [2.24, 2.45) is 9.98 Å². The molecule has 6 heteroatoms. The van der Waals surface area contributed by atoms with Crippen LogP contribution in [0.15, 0.2) is 34.3 Å². The van der Waals surface area contributed by atoms with E-state index in [1.54, 1.807) is 0 Å². The Morgan fingerprint density at radius 1 is 1.17 bits per heavy atom. The number of thioether (sulfide) groups is 1. The van der Waals surface area contributed by atoms with Crippen molar-refractivity contribution in [1.82, 2.24) is 5.32 Å². The highest BCUT2D eigenvalue weighted by Gasteiger charge is 2.37. The van der Waals surface area contributed by atoms with Crippen LogP contribution in [0.5, 0.6) is 5.75 Å². The predicted molar refractivity (Wildman–Crippen MR) is 127 cm³/mol. The predicted octanol–water partition coefficient (Wildman–Crippen LogP) is 5.38. The van der Waals surface area contributed by atoms with Gasteiger partial charge < -0.3 is 10.1 Å². The number of rotatable bonds is 9. The molecular formula is C24H35N3O2S. The van der Waals surface area contributed by atoms with E-state index in [1.807, 2.05) is 19.1 Å². The highest BCUT2D eigenvalue weighted by atomic mass is 32.2. The van der Waals surface area contributed by atoms with Gasteiger partial charge in [0.05, 0.1) is 18.1 Å². The molecule has 0 radical (unpaired) electrons. The summed E-state index contributed by atoms with van der Waals surface area (Å²) in [6, 6.07) is 8.35. The lowest BCUT2D eigenvalue weighted by Gasteiger charge is -2.27. The van der Waals surface area contributed by atoms with E-state index in [9.17, 15) is 4.79 Å². The fraction of sp³-hybridized carbons (Fsp3) is 0.625. The van der Waals surface area contributed by atoms with Crippen LogP contribution in [0, 0.1) is 0 Å². The quantitative estimate of drug-likeness (QED) is 0.536. The molecule has 1 unspecified atom stereocenters. The topological polar surface area (TPSA) is 63.1 Å². The molecule has 0 aromatic heterocycles. The highest BCUT2D eigenvalue weighted by molar-refractivity contribution is 8.16. The van der Waals surface area contributed by atoms with E-state index in [4.69, 9.17) is 14.7 Å². The van der Waals surface area contributed by atoms with E-state index < -0.39 is 0 Å². The largest absolute Gasteiger partial charge is 0.494 e. The second-order valence-electron chi connectivity index (χ2n) is 8.31. The van der Waals surface area contributed by atoms with Crippen LogP contribution in [-0.4, -0.2) is 40.7 Å². The number of hydrogen-bond donors (Lipinski definition) is 1. The molecule has 1 aromatic rings. The zero-order valence-electron chi connectivity index (χ0n) is 18.6. The molecule has 1 amide bonds. The van der Waals surface area contributed by atoms with Crippen LogP contribution in [0.3, 0.4) is 0 Å². The number of carbonyl (C=O) groups excluding carboxylic acids is 1. The summed E-state index contributed by atoms with van der Waals surface area (Å²) in [5.41, 5.74) is 1.66. The third kappa shape index (κ3) is 6.10. The summed E-state index contributed by atoms with van der Waals surface area (Å²) in [5.74, 6) is 1.31. The van der Waals surface area contributed by atoms with Crippen LogP contribution in [-0.2, 0) is 4.79 Å². The van der Waals surface area contributed by atoms with E-state index in [0.29, 0.717) is 5.75 Å². The number of aliphatic imine (C=N–C) groups is 2. The van der Waals surface area contributed by atoms with E-state index in [1.165, 1.54) is 18.2 Å². The van der Waals surface area contributed by atoms with Gasteiger partial charge in [0.15, 0.2) is 5.66 Å². The maximum absolute atomic E-state index is 12.3. The smallest absolute Gasteiger partial charge is 0.230 e. The number of nitrogens with zero attached hydrogens (tertiary/aromatic N) is 2. The minimum atomic E-state index is -0.320. The molecule has 3 rings (SSSR count). The van der Waals surface area contributed by atoms with E-state index >= 15 is 0 Å². The first-order valence-electron chi connectivity index (χ1n) is 11.4. The molecule has 1 aliphatic carbocycles. The Morgan fingerprint density at radius 2 is 1.90 bits per heavy atom. The third-order valence-corrected chi connectivity index (χ3v) is 6.71. The number of hydrogen-bond acceptors (Lipinski definition) is 5. The van der Waals surface area contributed by atoms with Gasteiger partial charge in [-0.1, -0.05) is 38.5 Å². The Labute approximate surface area is 185 Å². The molecule has 1 atom stereocenters. The monoisotopic (exact) mass is 429 g/mol. The fourth-order valence-electron chi connectivity index (χ4n) is 3.75. The molecule has 0 bridgehead atoms. The molecule has 1 saturated carbocycles. The molecule has 1 spiro atoms. The van der Waals surface area contributed by atoms with Crippen molar-refractivity contribution < 1.29 is 9.53 Å². The van der Waals surface area contributed by atoms with Gasteiger partial charge in [0.2, 0.25) is 5.91 Å². The average Bonchev–Trinajstić information content (AvgIpc) is 3.11. The molecule has 1 aliphatic heterocycles. The number of nitrogens with one attached hydrogen (secondary N) is 1. The molecular weight excluding hydrogens is 394 g/mol. The van der Waals surface area contributed by atoms with Gasteiger partial charge in [-0.15, -0.1) is 0 Å². The van der Waals surface area contributed by atoms with Crippen LogP contribution >= 0.6 is 11.8 Å². The summed E-state index contributed by atoms with van der Waals surface area (Å²) in [4.78, 5) is 22.5.